The first kappa shape index (κ1) is 14.4. The lowest BCUT2D eigenvalue weighted by Crippen LogP contribution is -2.35. The van der Waals surface area contributed by atoms with Gasteiger partial charge in [0.05, 0.1) is 0 Å². The van der Waals surface area contributed by atoms with E-state index in [-0.39, 0.29) is 18.6 Å². The van der Waals surface area contributed by atoms with Crippen LogP contribution in [0.4, 0.5) is 0 Å². The minimum Gasteiger partial charge on any atom is -0.396 e. The Hall–Kier alpha value is -1.52. The summed E-state index contributed by atoms with van der Waals surface area (Å²) in [7, 11) is 0. The molecule has 0 spiro atoms. The summed E-state index contributed by atoms with van der Waals surface area (Å²) in [5.74, 6) is 0.0442. The number of aliphatic hydroxyl groups is 1. The largest absolute Gasteiger partial charge is 0.396 e. The maximum absolute atomic E-state index is 12.7. The molecule has 2 aromatic rings. The van der Waals surface area contributed by atoms with E-state index < -0.39 is 0 Å². The molecule has 21 heavy (non-hydrogen) atoms. The van der Waals surface area contributed by atoms with Crippen molar-refractivity contribution in [2.24, 2.45) is 0 Å². The second-order valence-electron chi connectivity index (χ2n) is 5.58. The van der Waals surface area contributed by atoms with Crippen LogP contribution in [0.25, 0.3) is 10.9 Å². The van der Waals surface area contributed by atoms with Crippen LogP contribution in [0.2, 0.25) is 5.02 Å². The van der Waals surface area contributed by atoms with Gasteiger partial charge in [-0.3, -0.25) is 4.79 Å². The summed E-state index contributed by atoms with van der Waals surface area (Å²) in [4.78, 5) is 17.8. The average molecular weight is 307 g/mol. The summed E-state index contributed by atoms with van der Waals surface area (Å²) in [6.07, 6.45) is 3.68. The van der Waals surface area contributed by atoms with Crippen molar-refractivity contribution in [2.75, 3.05) is 13.2 Å². The highest BCUT2D eigenvalue weighted by molar-refractivity contribution is 6.31. The molecule has 5 heteroatoms. The number of hydrogen-bond acceptors (Lipinski definition) is 2. The Labute approximate surface area is 128 Å². The van der Waals surface area contributed by atoms with Crippen LogP contribution in [-0.2, 0) is 0 Å². The maximum Gasteiger partial charge on any atom is 0.270 e. The minimum atomic E-state index is 0.0442. The zero-order valence-electron chi connectivity index (χ0n) is 11.8. The summed E-state index contributed by atoms with van der Waals surface area (Å²) in [6, 6.07) is 7.68. The lowest BCUT2D eigenvalue weighted by atomic mass is 10.1. The maximum atomic E-state index is 12.7. The number of H-pyrrole nitrogens is 1. The Morgan fingerprint density at radius 1 is 1.43 bits per heavy atom. The number of carbonyl (C=O) groups is 1. The minimum absolute atomic E-state index is 0.0442. The molecule has 0 radical (unpaired) electrons. The van der Waals surface area contributed by atoms with Crippen molar-refractivity contribution in [3.8, 4) is 0 Å². The van der Waals surface area contributed by atoms with E-state index in [1.807, 2.05) is 29.2 Å². The summed E-state index contributed by atoms with van der Waals surface area (Å²) >= 11 is 5.98. The molecule has 4 nitrogen and oxygen atoms in total. The molecule has 1 aromatic heterocycles. The Kier molecular flexibility index (Phi) is 4.17. The Morgan fingerprint density at radius 3 is 3.10 bits per heavy atom. The van der Waals surface area contributed by atoms with E-state index in [4.69, 9.17) is 16.7 Å². The summed E-state index contributed by atoms with van der Waals surface area (Å²) in [5, 5.41) is 10.6. The number of hydrogen-bond donors (Lipinski definition) is 2. The third-order valence-corrected chi connectivity index (χ3v) is 4.38. The number of amides is 1. The lowest BCUT2D eigenvalue weighted by molar-refractivity contribution is 0.0719. The first-order valence-electron chi connectivity index (χ1n) is 7.39. The van der Waals surface area contributed by atoms with Gasteiger partial charge < -0.3 is 15.0 Å². The molecule has 1 aliphatic heterocycles. The number of aromatic amines is 1. The summed E-state index contributed by atoms with van der Waals surface area (Å²) in [5.41, 5.74) is 1.54. The standard InChI is InChI=1S/C16H19ClN2O2/c17-12-5-6-14-11(9-12)10-15(18-14)16(21)19-7-1-3-13(19)4-2-8-20/h5-6,9-10,13,18,20H,1-4,7-8H2. The van der Waals surface area contributed by atoms with Crippen molar-refractivity contribution in [1.82, 2.24) is 9.88 Å². The number of fused-ring (bicyclic) bond motifs is 1. The van der Waals surface area contributed by atoms with Crippen LogP contribution in [0.5, 0.6) is 0 Å². The van der Waals surface area contributed by atoms with Crippen molar-refractivity contribution < 1.29 is 9.90 Å². The van der Waals surface area contributed by atoms with Crippen molar-refractivity contribution in [2.45, 2.75) is 31.7 Å². The number of halogens is 1. The number of benzene rings is 1. The fourth-order valence-corrected chi connectivity index (χ4v) is 3.28. The fourth-order valence-electron chi connectivity index (χ4n) is 3.10. The monoisotopic (exact) mass is 306 g/mol. The first-order valence-corrected chi connectivity index (χ1v) is 7.77. The molecule has 1 aliphatic rings. The van der Waals surface area contributed by atoms with Gasteiger partial charge in [-0.2, -0.15) is 0 Å². The number of nitrogens with one attached hydrogen (secondary N) is 1. The molecular formula is C16H19ClN2O2. The topological polar surface area (TPSA) is 56.3 Å². The third kappa shape index (κ3) is 2.92. The molecule has 1 fully saturated rings. The van der Waals surface area contributed by atoms with Crippen molar-refractivity contribution in [1.29, 1.82) is 0 Å². The van der Waals surface area contributed by atoms with Crippen LogP contribution in [0, 0.1) is 0 Å². The lowest BCUT2D eigenvalue weighted by Gasteiger charge is -2.24. The number of likely N-dealkylation sites (tertiary alicyclic amines) is 1. The molecular weight excluding hydrogens is 288 g/mol. The molecule has 1 atom stereocenters. The van der Waals surface area contributed by atoms with Crippen LogP contribution in [-0.4, -0.2) is 40.1 Å². The smallest absolute Gasteiger partial charge is 0.270 e. The molecule has 0 bridgehead atoms. The Bertz CT molecular complexity index is 653. The van der Waals surface area contributed by atoms with Crippen LogP contribution < -0.4 is 0 Å². The van der Waals surface area contributed by atoms with Gasteiger partial charge in [-0.25, -0.2) is 0 Å². The van der Waals surface area contributed by atoms with Crippen molar-refractivity contribution >= 4 is 28.4 Å². The van der Waals surface area contributed by atoms with Gasteiger partial charge in [-0.1, -0.05) is 11.6 Å². The molecule has 2 N–H and O–H groups in total. The zero-order chi connectivity index (χ0) is 14.8. The van der Waals surface area contributed by atoms with Gasteiger partial charge in [-0.05, 0) is 49.9 Å². The van der Waals surface area contributed by atoms with Crippen LogP contribution >= 0.6 is 11.6 Å². The van der Waals surface area contributed by atoms with E-state index in [1.54, 1.807) is 0 Å². The van der Waals surface area contributed by atoms with E-state index in [9.17, 15) is 4.79 Å². The van der Waals surface area contributed by atoms with Crippen molar-refractivity contribution in [3.63, 3.8) is 0 Å². The SMILES string of the molecule is O=C(c1cc2cc(Cl)ccc2[nH]1)N1CCCC1CCCO. The number of aliphatic hydroxyl groups excluding tert-OH is 1. The zero-order valence-corrected chi connectivity index (χ0v) is 12.6. The highest BCUT2D eigenvalue weighted by atomic mass is 35.5. The molecule has 112 valence electrons. The van der Waals surface area contributed by atoms with Gasteiger partial charge in [0.2, 0.25) is 0 Å². The molecule has 1 saturated heterocycles. The molecule has 1 amide bonds. The predicted molar refractivity (Wildman–Crippen MR) is 83.7 cm³/mol. The van der Waals surface area contributed by atoms with E-state index >= 15 is 0 Å². The van der Waals surface area contributed by atoms with Crippen LogP contribution in [0.15, 0.2) is 24.3 Å². The van der Waals surface area contributed by atoms with Gasteiger partial charge >= 0.3 is 0 Å². The summed E-state index contributed by atoms with van der Waals surface area (Å²) < 4.78 is 0. The van der Waals surface area contributed by atoms with E-state index in [0.717, 1.165) is 43.1 Å². The van der Waals surface area contributed by atoms with Crippen molar-refractivity contribution in [3.05, 3.63) is 35.0 Å². The first-order chi connectivity index (χ1) is 10.2. The van der Waals surface area contributed by atoms with E-state index in [2.05, 4.69) is 4.98 Å². The molecule has 3 rings (SSSR count). The predicted octanol–water partition coefficient (Wildman–Crippen LogP) is 3.20. The number of rotatable bonds is 4. The third-order valence-electron chi connectivity index (χ3n) is 4.15. The second kappa shape index (κ2) is 6.08. The second-order valence-corrected chi connectivity index (χ2v) is 6.01. The molecule has 1 unspecified atom stereocenters. The van der Waals surface area contributed by atoms with Gasteiger partial charge in [0.1, 0.15) is 5.69 Å². The molecule has 0 aliphatic carbocycles. The number of aromatic nitrogens is 1. The average Bonchev–Trinajstić information content (AvgIpc) is 3.10. The highest BCUT2D eigenvalue weighted by Gasteiger charge is 2.29. The number of carbonyl (C=O) groups excluding carboxylic acids is 1. The Morgan fingerprint density at radius 2 is 2.29 bits per heavy atom. The van der Waals surface area contributed by atoms with Crippen LogP contribution in [0.1, 0.15) is 36.2 Å². The van der Waals surface area contributed by atoms with Gasteiger partial charge in [0.15, 0.2) is 0 Å². The van der Waals surface area contributed by atoms with Gasteiger partial charge in [0.25, 0.3) is 5.91 Å². The fraction of sp³-hybridized carbons (Fsp3) is 0.438. The molecule has 2 heterocycles. The van der Waals surface area contributed by atoms with E-state index in [1.165, 1.54) is 0 Å². The quantitative estimate of drug-likeness (QED) is 0.911. The van der Waals surface area contributed by atoms with Crippen LogP contribution in [0.3, 0.4) is 0 Å². The number of nitrogens with zero attached hydrogens (tertiary/aromatic N) is 1. The normalized spacial score (nSPS) is 18.6. The highest BCUT2D eigenvalue weighted by Crippen LogP contribution is 2.25. The van der Waals surface area contributed by atoms with Gasteiger partial charge in [-0.15, -0.1) is 0 Å². The summed E-state index contributed by atoms with van der Waals surface area (Å²) in [6.45, 7) is 0.981. The van der Waals surface area contributed by atoms with Gasteiger partial charge in [0, 0.05) is 35.1 Å². The molecule has 0 saturated carbocycles. The Balaban J connectivity index is 1.82. The van der Waals surface area contributed by atoms with E-state index in [0.29, 0.717) is 10.7 Å². The molecule has 1 aromatic carbocycles.